The molecular formula is C11H8BrF3N4. The normalized spacial score (nSPS) is 10.4. The fourth-order valence-corrected chi connectivity index (χ4v) is 1.83. The number of pyridine rings is 1. The molecule has 100 valence electrons. The molecule has 0 radical (unpaired) electrons. The van der Waals surface area contributed by atoms with E-state index in [9.17, 15) is 13.2 Å². The lowest BCUT2D eigenvalue weighted by Gasteiger charge is -2.11. The first-order valence-electron chi connectivity index (χ1n) is 5.06. The number of hydrogen-bond donors (Lipinski definition) is 3. The molecule has 0 unspecified atom stereocenters. The van der Waals surface area contributed by atoms with E-state index < -0.39 is 17.5 Å². The fourth-order valence-electron chi connectivity index (χ4n) is 1.39. The van der Waals surface area contributed by atoms with Gasteiger partial charge in [0.15, 0.2) is 23.3 Å². The number of anilines is 3. The van der Waals surface area contributed by atoms with Gasteiger partial charge in [-0.25, -0.2) is 24.0 Å². The number of benzene rings is 1. The standard InChI is InChI=1S/C11H8BrF3N4/c12-5-2-1-3-6(13)9(5)17-10-7(14)4-8(15)11(18-10)19-16/h1-4H,16H2,(H2,17,18,19). The minimum Gasteiger partial charge on any atom is -0.334 e. The van der Waals surface area contributed by atoms with Gasteiger partial charge in [-0.05, 0) is 28.1 Å². The van der Waals surface area contributed by atoms with Crippen LogP contribution in [0.2, 0.25) is 0 Å². The second-order valence-corrected chi connectivity index (χ2v) is 4.37. The van der Waals surface area contributed by atoms with Gasteiger partial charge in [0, 0.05) is 10.5 Å². The Bertz CT molecular complexity index is 601. The molecule has 0 saturated heterocycles. The number of para-hydroxylation sites is 1. The van der Waals surface area contributed by atoms with Gasteiger partial charge in [0.2, 0.25) is 0 Å². The molecular weight excluding hydrogens is 325 g/mol. The highest BCUT2D eigenvalue weighted by Gasteiger charge is 2.14. The first-order valence-corrected chi connectivity index (χ1v) is 5.86. The molecule has 2 aromatic rings. The van der Waals surface area contributed by atoms with Gasteiger partial charge in [-0.3, -0.25) is 0 Å². The van der Waals surface area contributed by atoms with Crippen LogP contribution in [-0.2, 0) is 0 Å². The highest BCUT2D eigenvalue weighted by Crippen LogP contribution is 2.29. The predicted molar refractivity (Wildman–Crippen MR) is 69.3 cm³/mol. The van der Waals surface area contributed by atoms with Gasteiger partial charge < -0.3 is 10.7 Å². The molecule has 2 rings (SSSR count). The number of hydrazine groups is 1. The van der Waals surface area contributed by atoms with Gasteiger partial charge in [-0.1, -0.05) is 6.07 Å². The van der Waals surface area contributed by atoms with Crippen molar-refractivity contribution in [1.29, 1.82) is 0 Å². The second kappa shape index (κ2) is 5.45. The molecule has 0 amide bonds. The number of nitrogens with one attached hydrogen (secondary N) is 2. The van der Waals surface area contributed by atoms with Crippen molar-refractivity contribution in [2.24, 2.45) is 5.84 Å². The van der Waals surface area contributed by atoms with E-state index in [1.807, 2.05) is 5.43 Å². The van der Waals surface area contributed by atoms with Crippen molar-refractivity contribution in [3.63, 3.8) is 0 Å². The topological polar surface area (TPSA) is 63.0 Å². The molecule has 0 atom stereocenters. The van der Waals surface area contributed by atoms with Gasteiger partial charge in [0.25, 0.3) is 0 Å². The quantitative estimate of drug-likeness (QED) is 0.596. The molecule has 8 heteroatoms. The number of nitrogens with two attached hydrogens (primary N) is 1. The molecule has 4 nitrogen and oxygen atoms in total. The Hall–Kier alpha value is -1.80. The van der Waals surface area contributed by atoms with E-state index in [2.05, 4.69) is 26.2 Å². The third-order valence-corrected chi connectivity index (χ3v) is 2.93. The largest absolute Gasteiger partial charge is 0.334 e. The zero-order valence-electron chi connectivity index (χ0n) is 9.35. The zero-order chi connectivity index (χ0) is 14.0. The monoisotopic (exact) mass is 332 g/mol. The Balaban J connectivity index is 2.44. The van der Waals surface area contributed by atoms with E-state index in [1.54, 1.807) is 6.07 Å². The van der Waals surface area contributed by atoms with E-state index in [-0.39, 0.29) is 17.3 Å². The smallest absolute Gasteiger partial charge is 0.178 e. The molecule has 4 N–H and O–H groups in total. The fraction of sp³-hybridized carbons (Fsp3) is 0. The number of aromatic nitrogens is 1. The molecule has 0 aliphatic rings. The lowest BCUT2D eigenvalue weighted by molar-refractivity contribution is 0.579. The molecule has 0 aliphatic heterocycles. The van der Waals surface area contributed by atoms with Crippen LogP contribution in [0.15, 0.2) is 28.7 Å². The summed E-state index contributed by atoms with van der Waals surface area (Å²) in [6.45, 7) is 0. The molecule has 0 saturated carbocycles. The van der Waals surface area contributed by atoms with Crippen LogP contribution >= 0.6 is 15.9 Å². The van der Waals surface area contributed by atoms with Gasteiger partial charge >= 0.3 is 0 Å². The molecule has 0 fully saturated rings. The maximum absolute atomic E-state index is 13.6. The van der Waals surface area contributed by atoms with Crippen molar-refractivity contribution in [2.75, 3.05) is 10.7 Å². The summed E-state index contributed by atoms with van der Waals surface area (Å²) in [7, 11) is 0. The first kappa shape index (κ1) is 13.6. The molecule has 1 heterocycles. The van der Waals surface area contributed by atoms with Crippen LogP contribution in [0, 0.1) is 17.5 Å². The number of nitrogens with zero attached hydrogens (tertiary/aromatic N) is 1. The molecule has 0 aliphatic carbocycles. The second-order valence-electron chi connectivity index (χ2n) is 3.52. The zero-order valence-corrected chi connectivity index (χ0v) is 10.9. The summed E-state index contributed by atoms with van der Waals surface area (Å²) >= 11 is 3.11. The van der Waals surface area contributed by atoms with Gasteiger partial charge in [0.05, 0.1) is 5.69 Å². The van der Waals surface area contributed by atoms with Crippen molar-refractivity contribution < 1.29 is 13.2 Å². The Morgan fingerprint density at radius 2 is 1.74 bits per heavy atom. The van der Waals surface area contributed by atoms with E-state index in [1.165, 1.54) is 12.1 Å². The average Bonchev–Trinajstić information content (AvgIpc) is 2.36. The van der Waals surface area contributed by atoms with E-state index >= 15 is 0 Å². The van der Waals surface area contributed by atoms with E-state index in [4.69, 9.17) is 5.84 Å². The summed E-state index contributed by atoms with van der Waals surface area (Å²) in [5.74, 6) is 1.82. The number of rotatable bonds is 3. The maximum atomic E-state index is 13.6. The van der Waals surface area contributed by atoms with Crippen molar-refractivity contribution >= 4 is 33.3 Å². The number of halogens is 4. The van der Waals surface area contributed by atoms with Gasteiger partial charge in [-0.15, -0.1) is 0 Å². The lowest BCUT2D eigenvalue weighted by atomic mass is 10.3. The van der Waals surface area contributed by atoms with Gasteiger partial charge in [-0.2, -0.15) is 0 Å². The third kappa shape index (κ3) is 2.79. The van der Waals surface area contributed by atoms with Crippen molar-refractivity contribution in [1.82, 2.24) is 4.98 Å². The SMILES string of the molecule is NNc1nc(Nc2c(F)cccc2Br)c(F)cc1F. The van der Waals surface area contributed by atoms with Crippen LogP contribution in [0.4, 0.5) is 30.5 Å². The van der Waals surface area contributed by atoms with Crippen LogP contribution in [0.25, 0.3) is 0 Å². The summed E-state index contributed by atoms with van der Waals surface area (Å²) < 4.78 is 40.7. The van der Waals surface area contributed by atoms with Crippen LogP contribution in [0.5, 0.6) is 0 Å². The predicted octanol–water partition coefficient (Wildman–Crippen LogP) is 3.29. The van der Waals surface area contributed by atoms with Crippen molar-refractivity contribution in [3.05, 3.63) is 46.2 Å². The van der Waals surface area contributed by atoms with Gasteiger partial charge in [0.1, 0.15) is 5.82 Å². The maximum Gasteiger partial charge on any atom is 0.178 e. The molecule has 0 bridgehead atoms. The minimum atomic E-state index is -0.966. The van der Waals surface area contributed by atoms with E-state index in [0.29, 0.717) is 10.5 Å². The Labute approximate surface area is 114 Å². The molecule has 1 aromatic heterocycles. The van der Waals surface area contributed by atoms with Crippen LogP contribution in [-0.4, -0.2) is 4.98 Å². The minimum absolute atomic E-state index is 0.0107. The van der Waals surface area contributed by atoms with Crippen molar-refractivity contribution in [2.45, 2.75) is 0 Å². The first-order chi connectivity index (χ1) is 9.02. The number of nitrogen functional groups attached to an aromatic ring is 1. The third-order valence-electron chi connectivity index (χ3n) is 2.27. The summed E-state index contributed by atoms with van der Waals surface area (Å²) in [4.78, 5) is 3.58. The van der Waals surface area contributed by atoms with Crippen molar-refractivity contribution in [3.8, 4) is 0 Å². The molecule has 1 aromatic carbocycles. The highest BCUT2D eigenvalue weighted by molar-refractivity contribution is 9.10. The Kier molecular flexibility index (Phi) is 3.91. The number of hydrogen-bond acceptors (Lipinski definition) is 4. The average molecular weight is 333 g/mol. The Morgan fingerprint density at radius 3 is 2.37 bits per heavy atom. The summed E-state index contributed by atoms with van der Waals surface area (Å²) in [5, 5.41) is 2.44. The highest BCUT2D eigenvalue weighted by atomic mass is 79.9. The summed E-state index contributed by atoms with van der Waals surface area (Å²) in [6.07, 6.45) is 0. The lowest BCUT2D eigenvalue weighted by Crippen LogP contribution is -2.12. The molecule has 0 spiro atoms. The van der Waals surface area contributed by atoms with Crippen LogP contribution in [0.1, 0.15) is 0 Å². The Morgan fingerprint density at radius 1 is 1.05 bits per heavy atom. The molecule has 19 heavy (non-hydrogen) atoms. The van der Waals surface area contributed by atoms with Crippen LogP contribution in [0.3, 0.4) is 0 Å². The summed E-state index contributed by atoms with van der Waals surface area (Å²) in [5.41, 5.74) is 1.97. The van der Waals surface area contributed by atoms with Crippen LogP contribution < -0.4 is 16.6 Å². The van der Waals surface area contributed by atoms with E-state index in [0.717, 1.165) is 0 Å². The summed E-state index contributed by atoms with van der Waals surface area (Å²) in [6, 6.07) is 4.83.